The Morgan fingerprint density at radius 2 is 1.22 bits per heavy atom. The van der Waals surface area contributed by atoms with E-state index in [0.717, 1.165) is 24.5 Å². The van der Waals surface area contributed by atoms with Gasteiger partial charge in [0.15, 0.2) is 23.2 Å². The zero-order chi connectivity index (χ0) is 68.7. The number of cyclic esters (lactones) is 2. The van der Waals surface area contributed by atoms with Crippen LogP contribution in [0.2, 0.25) is 0 Å². The molecule has 0 aromatic heterocycles. The van der Waals surface area contributed by atoms with Crippen LogP contribution in [0.4, 0.5) is 5.69 Å². The van der Waals surface area contributed by atoms with E-state index in [1.54, 1.807) is 55.4 Å². The van der Waals surface area contributed by atoms with Gasteiger partial charge in [-0.2, -0.15) is 0 Å². The van der Waals surface area contributed by atoms with Crippen molar-refractivity contribution in [1.82, 2.24) is 55.7 Å². The van der Waals surface area contributed by atoms with Crippen molar-refractivity contribution >= 4 is 93.6 Å². The minimum atomic E-state index is -2.14. The fourth-order valence-electron chi connectivity index (χ4n) is 12.1. The van der Waals surface area contributed by atoms with E-state index in [1.807, 2.05) is 0 Å². The van der Waals surface area contributed by atoms with Gasteiger partial charge in [-0.1, -0.05) is 47.6 Å². The fraction of sp³-hybridized carbons (Fsp3) is 0.597. The van der Waals surface area contributed by atoms with Gasteiger partial charge in [0.2, 0.25) is 52.7 Å². The Morgan fingerprint density at radius 1 is 0.674 bits per heavy atom. The van der Waals surface area contributed by atoms with Crippen LogP contribution in [-0.2, 0) is 62.2 Å². The highest BCUT2D eigenvalue weighted by atomic mass is 16.6. The number of ether oxygens (including phenoxy) is 2. The number of hydrogen-bond acceptors (Lipinski definition) is 20. The molecule has 0 saturated carbocycles. The van der Waals surface area contributed by atoms with Gasteiger partial charge in [0.05, 0.1) is 42.6 Å². The fourth-order valence-corrected chi connectivity index (χ4v) is 12.1. The zero-order valence-corrected chi connectivity index (χ0v) is 54.7. The minimum Gasteiger partial charge on any atom is -0.458 e. The van der Waals surface area contributed by atoms with Gasteiger partial charge in [0.25, 0.3) is 11.8 Å². The molecule has 5 aliphatic heterocycles. The van der Waals surface area contributed by atoms with E-state index in [9.17, 15) is 62.6 Å². The number of likely N-dealkylation sites (N-methyl/N-ethyl adjacent to an activating group) is 4. The minimum absolute atomic E-state index is 0.137. The van der Waals surface area contributed by atoms with Crippen LogP contribution in [0.1, 0.15) is 120 Å². The highest BCUT2D eigenvalue weighted by molar-refractivity contribution is 6.11. The van der Waals surface area contributed by atoms with E-state index < -0.39 is 216 Å². The summed E-state index contributed by atoms with van der Waals surface area (Å²) < 4.78 is 18.0. The lowest BCUT2D eigenvalue weighted by Crippen LogP contribution is -2.62. The number of aliphatic hydroxyl groups excluding tert-OH is 1. The normalized spacial score (nSPS) is 27.5. The first-order valence-corrected chi connectivity index (χ1v) is 30.6. The molecule has 4 fully saturated rings. The van der Waals surface area contributed by atoms with Gasteiger partial charge in [0, 0.05) is 46.2 Å². The quantitative estimate of drug-likeness (QED) is 0.0896. The number of ketones is 1. The van der Waals surface area contributed by atoms with E-state index in [0.29, 0.717) is 12.0 Å². The Balaban J connectivity index is 1.33. The van der Waals surface area contributed by atoms with E-state index in [4.69, 9.17) is 24.6 Å². The molecule has 1 aromatic carbocycles. The standard InChI is InChI=1S/C62H84N12O18/c1-25(2)43-59(86)73-29(8)18-20-35(73)57(84)69(13)22-39(77)71(15)32(11)61(88)91-38(24-75)47(56(83)66-43)68-54(81)41-42(63)50(79)30(9)52-48(41)64-46-34(19-17-28(7)51(46)92-52)53(80)67-45-33(12)90-62(89)49(27(5)6)72(16)40(78)23-70(14)58(85)36-21-37(76)31(10)74(36)60(87)44(26(3)4)65-55(45)82/h17,19,25-27,29,31-33,35-36,38,43-45,47,49,75H,18,20-24,63H2,1-16H3,(H,65,82)(H,66,83)(H,67,80)(H,68,81). The van der Waals surface area contributed by atoms with Crippen LogP contribution < -0.4 is 32.4 Å². The van der Waals surface area contributed by atoms with Crippen molar-refractivity contribution in [1.29, 1.82) is 0 Å². The molecular weight excluding hydrogens is 1200 g/mol. The summed E-state index contributed by atoms with van der Waals surface area (Å²) in [5.74, 6) is -14.1. The number of aliphatic hydroxyl groups is 1. The van der Waals surface area contributed by atoms with E-state index in [2.05, 4.69) is 21.3 Å². The van der Waals surface area contributed by atoms with Crippen LogP contribution in [0, 0.1) is 31.6 Å². The molecule has 7 N–H and O–H groups in total. The number of Topliss-reactive ketones (excluding diaryl/α,β-unsaturated/α-hetero) is 1. The summed E-state index contributed by atoms with van der Waals surface area (Å²) in [5, 5.41) is 21.3. The molecule has 92 heavy (non-hydrogen) atoms. The summed E-state index contributed by atoms with van der Waals surface area (Å²) in [6, 6.07) is -11.0. The van der Waals surface area contributed by atoms with Crippen molar-refractivity contribution in [3.63, 3.8) is 0 Å². The molecule has 12 unspecified atom stereocenters. The monoisotopic (exact) mass is 1280 g/mol. The number of nitrogens with one attached hydrogen (secondary N) is 4. The second-order valence-electron chi connectivity index (χ2n) is 25.5. The second-order valence-corrected chi connectivity index (χ2v) is 25.5. The Morgan fingerprint density at radius 3 is 1.78 bits per heavy atom. The number of carbonyl (C=O) groups excluding carboxylic acids is 13. The number of rotatable bonds is 8. The Labute approximate surface area is 531 Å². The number of amides is 10. The second kappa shape index (κ2) is 27.8. The number of fused-ring (bicyclic) bond motifs is 4. The van der Waals surface area contributed by atoms with Crippen molar-refractivity contribution in [2.75, 3.05) is 53.6 Å². The van der Waals surface area contributed by atoms with Gasteiger partial charge in [0.1, 0.15) is 65.6 Å². The lowest BCUT2D eigenvalue weighted by molar-refractivity contribution is -0.163. The number of benzene rings is 2. The zero-order valence-electron chi connectivity index (χ0n) is 54.7. The molecule has 0 spiro atoms. The lowest BCUT2D eigenvalue weighted by Gasteiger charge is -2.36. The number of esters is 2. The summed E-state index contributed by atoms with van der Waals surface area (Å²) in [4.78, 5) is 212. The molecule has 0 radical (unpaired) electrons. The van der Waals surface area contributed by atoms with Gasteiger partial charge < -0.3 is 75.4 Å². The van der Waals surface area contributed by atoms with Gasteiger partial charge in [-0.05, 0) is 83.8 Å². The first-order valence-electron chi connectivity index (χ1n) is 30.6. The van der Waals surface area contributed by atoms with Crippen LogP contribution >= 0.6 is 0 Å². The van der Waals surface area contributed by atoms with Crippen LogP contribution in [0.5, 0.6) is 0 Å². The first-order chi connectivity index (χ1) is 43.0. The third-order valence-corrected chi connectivity index (χ3v) is 17.9. The molecule has 1 aromatic rings. The number of aromatic nitrogens is 1. The molecule has 30 nitrogen and oxygen atoms in total. The molecule has 10 amide bonds. The maximum Gasteiger partial charge on any atom is 0.329 e. The van der Waals surface area contributed by atoms with E-state index in [1.165, 1.54) is 72.9 Å². The number of aryl methyl sites for hydroxylation is 1. The molecule has 0 bridgehead atoms. The highest BCUT2D eigenvalue weighted by Crippen LogP contribution is 2.36. The van der Waals surface area contributed by atoms with E-state index in [-0.39, 0.29) is 34.4 Å². The number of hydrogen-bond donors (Lipinski definition) is 6. The maximum absolute atomic E-state index is 15.2. The predicted molar refractivity (Wildman–Crippen MR) is 327 cm³/mol. The number of anilines is 1. The van der Waals surface area contributed by atoms with Gasteiger partial charge in [-0.25, -0.2) is 14.6 Å². The average molecular weight is 1290 g/mol. The predicted octanol–water partition coefficient (Wildman–Crippen LogP) is -0.982. The summed E-state index contributed by atoms with van der Waals surface area (Å²) in [5.41, 5.74) is 2.89. The molecule has 500 valence electrons. The number of nitrogens with two attached hydrogens (primary N) is 1. The third kappa shape index (κ3) is 13.6. The first kappa shape index (κ1) is 70.4. The van der Waals surface area contributed by atoms with Gasteiger partial charge >= 0.3 is 11.9 Å². The molecule has 30 heteroatoms. The van der Waals surface area contributed by atoms with Crippen LogP contribution in [0.25, 0.3) is 22.6 Å². The molecule has 6 aliphatic rings. The summed E-state index contributed by atoms with van der Waals surface area (Å²) in [7, 11) is 5.27. The van der Waals surface area contributed by atoms with Crippen molar-refractivity contribution in [3.05, 3.63) is 44.6 Å². The largest absolute Gasteiger partial charge is 0.458 e. The molecule has 1 aliphatic carbocycles. The van der Waals surface area contributed by atoms with Crippen molar-refractivity contribution < 1.29 is 81.3 Å². The third-order valence-electron chi connectivity index (χ3n) is 17.9. The Bertz CT molecular complexity index is 3550. The number of nitrogens with zero attached hydrogens (tertiary/aromatic N) is 7. The molecule has 4 saturated heterocycles. The molecule has 5 heterocycles. The van der Waals surface area contributed by atoms with Crippen LogP contribution in [-0.4, -0.2) is 237 Å². The summed E-state index contributed by atoms with van der Waals surface area (Å²) in [6.45, 7) is 16.0. The van der Waals surface area contributed by atoms with Crippen molar-refractivity contribution in [2.24, 2.45) is 17.8 Å². The van der Waals surface area contributed by atoms with Gasteiger partial charge in [-0.15, -0.1) is 0 Å². The molecular formula is C62H84N12O18. The summed E-state index contributed by atoms with van der Waals surface area (Å²) in [6.07, 6.45) is -3.37. The van der Waals surface area contributed by atoms with Crippen LogP contribution in [0.3, 0.4) is 0 Å². The van der Waals surface area contributed by atoms with E-state index >= 15 is 9.59 Å². The van der Waals surface area contributed by atoms with Crippen LogP contribution in [0.15, 0.2) is 21.3 Å². The van der Waals surface area contributed by atoms with Crippen molar-refractivity contribution in [3.8, 4) is 11.5 Å². The highest BCUT2D eigenvalue weighted by Gasteiger charge is 2.50. The van der Waals surface area contributed by atoms with Crippen molar-refractivity contribution in [2.45, 2.75) is 175 Å². The average Bonchev–Trinajstić information content (AvgIpc) is 0.955. The molecule has 12 atom stereocenters. The van der Waals surface area contributed by atoms with Gasteiger partial charge in [-0.3, -0.25) is 57.5 Å². The topological polar surface area (TPSA) is 397 Å². The summed E-state index contributed by atoms with van der Waals surface area (Å²) >= 11 is 0. The smallest absolute Gasteiger partial charge is 0.329 e. The Kier molecular flexibility index (Phi) is 21.3. The maximum atomic E-state index is 15.2. The lowest BCUT2D eigenvalue weighted by atomic mass is 9.98. The SMILES string of the molecule is Cc1c2oc3c(C)ccc(C(=O)NC4C(=O)NC(C(C)C)C(=O)N5C(C)C(=O)CC5C(=O)N(C)CC(=O)N(C)C(C(C)C)C(=O)OC4C)c3nc-2c(C(=O)NC2C(=O)NC(C(C)C)C(=O)N3C(C)CCC3C(=O)N(C)CC(=O)N(C)C(C)C(=O)OC2CO)c(N)c1=O. The number of nitrogen functional groups attached to an aromatic ring is 1. The number of carbonyl (C=O) groups is 13. The Hall–Kier alpha value is -9.09. The molecule has 7 rings (SSSR count).